The molecule has 28 heavy (non-hydrogen) atoms. The summed E-state index contributed by atoms with van der Waals surface area (Å²) < 4.78 is 5.14. The normalized spacial score (nSPS) is 20.3. The van der Waals surface area contributed by atoms with E-state index in [1.807, 2.05) is 24.0 Å². The number of furan rings is 1. The second-order valence-electron chi connectivity index (χ2n) is 7.44. The van der Waals surface area contributed by atoms with Crippen LogP contribution in [0.3, 0.4) is 0 Å². The summed E-state index contributed by atoms with van der Waals surface area (Å²) in [6.45, 7) is 7.56. The molecule has 0 spiro atoms. The molecule has 2 aromatic rings. The van der Waals surface area contributed by atoms with E-state index in [4.69, 9.17) is 4.42 Å². The van der Waals surface area contributed by atoms with Gasteiger partial charge in [0.2, 0.25) is 0 Å². The predicted molar refractivity (Wildman–Crippen MR) is 107 cm³/mol. The molecule has 7 heteroatoms. The first-order valence-corrected chi connectivity index (χ1v) is 9.81. The van der Waals surface area contributed by atoms with Crippen molar-refractivity contribution in [2.24, 2.45) is 0 Å². The third-order valence-electron chi connectivity index (χ3n) is 5.60. The molecule has 4 rings (SSSR count). The van der Waals surface area contributed by atoms with E-state index in [0.29, 0.717) is 17.3 Å². The highest BCUT2D eigenvalue weighted by Crippen LogP contribution is 2.22. The van der Waals surface area contributed by atoms with Crippen LogP contribution in [0.4, 0.5) is 5.69 Å². The quantitative estimate of drug-likeness (QED) is 0.845. The third kappa shape index (κ3) is 3.95. The number of benzene rings is 1. The second kappa shape index (κ2) is 8.16. The lowest BCUT2D eigenvalue weighted by atomic mass is 10.1. The molecule has 2 aliphatic heterocycles. The van der Waals surface area contributed by atoms with Gasteiger partial charge in [0.05, 0.1) is 6.26 Å². The number of piperazine rings is 1. The Morgan fingerprint density at radius 2 is 2.00 bits per heavy atom. The molecule has 1 aromatic carbocycles. The summed E-state index contributed by atoms with van der Waals surface area (Å²) in [6, 6.07) is 9.18. The van der Waals surface area contributed by atoms with Crippen molar-refractivity contribution in [3.63, 3.8) is 0 Å². The average Bonchev–Trinajstić information content (AvgIpc) is 3.42. The summed E-state index contributed by atoms with van der Waals surface area (Å²) in [5.41, 5.74) is 2.13. The zero-order chi connectivity index (χ0) is 19.5. The van der Waals surface area contributed by atoms with E-state index in [9.17, 15) is 9.59 Å². The number of aryl methyl sites for hydroxylation is 1. The number of anilines is 1. The lowest BCUT2D eigenvalue weighted by molar-refractivity contribution is 0.0773. The molecule has 2 aliphatic rings. The van der Waals surface area contributed by atoms with Gasteiger partial charge in [-0.05, 0) is 43.2 Å². The first-order valence-electron chi connectivity index (χ1n) is 9.81. The van der Waals surface area contributed by atoms with Crippen molar-refractivity contribution in [1.29, 1.82) is 0 Å². The van der Waals surface area contributed by atoms with Crippen LogP contribution in [0.25, 0.3) is 0 Å². The fraction of sp³-hybridized carbons (Fsp3) is 0.429. The average molecular weight is 382 g/mol. The summed E-state index contributed by atoms with van der Waals surface area (Å²) in [5.74, 6) is -0.0571. The van der Waals surface area contributed by atoms with Crippen molar-refractivity contribution >= 4 is 17.5 Å². The SMILES string of the molecule is Cc1ccc(C(=O)N2CCC(N3CCNCC3)C2)cc1NC(=O)c1ccco1. The number of hydrogen-bond acceptors (Lipinski definition) is 5. The zero-order valence-electron chi connectivity index (χ0n) is 16.1. The van der Waals surface area contributed by atoms with Gasteiger partial charge in [-0.25, -0.2) is 0 Å². The molecule has 0 saturated carbocycles. The van der Waals surface area contributed by atoms with Gasteiger partial charge in [-0.1, -0.05) is 6.07 Å². The topological polar surface area (TPSA) is 77.8 Å². The van der Waals surface area contributed by atoms with Gasteiger partial charge in [0.25, 0.3) is 11.8 Å². The van der Waals surface area contributed by atoms with Crippen LogP contribution in [0.2, 0.25) is 0 Å². The van der Waals surface area contributed by atoms with Crippen LogP contribution in [-0.2, 0) is 0 Å². The van der Waals surface area contributed by atoms with Crippen molar-refractivity contribution in [3.8, 4) is 0 Å². The number of likely N-dealkylation sites (tertiary alicyclic amines) is 1. The molecule has 148 valence electrons. The van der Waals surface area contributed by atoms with E-state index >= 15 is 0 Å². The predicted octanol–water partition coefficient (Wildman–Crippen LogP) is 1.96. The molecular formula is C21H26N4O3. The van der Waals surface area contributed by atoms with Gasteiger partial charge >= 0.3 is 0 Å². The van der Waals surface area contributed by atoms with Gasteiger partial charge in [-0.2, -0.15) is 0 Å². The van der Waals surface area contributed by atoms with Crippen LogP contribution in [0.15, 0.2) is 41.0 Å². The molecule has 2 amide bonds. The van der Waals surface area contributed by atoms with Crippen LogP contribution < -0.4 is 10.6 Å². The Morgan fingerprint density at radius 3 is 2.75 bits per heavy atom. The zero-order valence-corrected chi connectivity index (χ0v) is 16.1. The largest absolute Gasteiger partial charge is 0.459 e. The second-order valence-corrected chi connectivity index (χ2v) is 7.44. The number of hydrogen-bond donors (Lipinski definition) is 2. The van der Waals surface area contributed by atoms with Gasteiger partial charge in [-0.3, -0.25) is 14.5 Å². The van der Waals surface area contributed by atoms with E-state index in [0.717, 1.165) is 51.3 Å². The number of nitrogens with zero attached hydrogens (tertiary/aromatic N) is 2. The lowest BCUT2D eigenvalue weighted by Crippen LogP contribution is -2.49. The highest BCUT2D eigenvalue weighted by atomic mass is 16.3. The first kappa shape index (κ1) is 18.7. The molecule has 2 saturated heterocycles. The van der Waals surface area contributed by atoms with Crippen LogP contribution >= 0.6 is 0 Å². The van der Waals surface area contributed by atoms with E-state index in [2.05, 4.69) is 15.5 Å². The van der Waals surface area contributed by atoms with Crippen LogP contribution in [-0.4, -0.2) is 66.9 Å². The Bertz CT molecular complexity index is 843. The molecule has 0 radical (unpaired) electrons. The first-order chi connectivity index (χ1) is 13.6. The van der Waals surface area contributed by atoms with E-state index < -0.39 is 0 Å². The van der Waals surface area contributed by atoms with Crippen molar-refractivity contribution < 1.29 is 14.0 Å². The summed E-state index contributed by atoms with van der Waals surface area (Å²) in [4.78, 5) is 29.7. The number of rotatable bonds is 4. The number of nitrogens with one attached hydrogen (secondary N) is 2. The molecule has 0 bridgehead atoms. The number of carbonyl (C=O) groups excluding carboxylic acids is 2. The highest BCUT2D eigenvalue weighted by molar-refractivity contribution is 6.04. The molecule has 7 nitrogen and oxygen atoms in total. The molecule has 0 aliphatic carbocycles. The lowest BCUT2D eigenvalue weighted by Gasteiger charge is -2.32. The summed E-state index contributed by atoms with van der Waals surface area (Å²) >= 11 is 0. The van der Waals surface area contributed by atoms with Gasteiger partial charge < -0.3 is 20.0 Å². The van der Waals surface area contributed by atoms with E-state index in [1.165, 1.54) is 6.26 Å². The minimum Gasteiger partial charge on any atom is -0.459 e. The van der Waals surface area contributed by atoms with Crippen LogP contribution in [0.5, 0.6) is 0 Å². The maximum absolute atomic E-state index is 13.0. The Hall–Kier alpha value is -2.64. The van der Waals surface area contributed by atoms with Crippen molar-refractivity contribution in [3.05, 3.63) is 53.5 Å². The molecule has 2 N–H and O–H groups in total. The molecule has 2 fully saturated rings. The van der Waals surface area contributed by atoms with Crippen molar-refractivity contribution in [2.75, 3.05) is 44.6 Å². The maximum atomic E-state index is 13.0. The molecule has 1 unspecified atom stereocenters. The van der Waals surface area contributed by atoms with Gasteiger partial charge in [0, 0.05) is 56.6 Å². The van der Waals surface area contributed by atoms with E-state index in [-0.39, 0.29) is 17.6 Å². The maximum Gasteiger partial charge on any atom is 0.291 e. The summed E-state index contributed by atoms with van der Waals surface area (Å²) in [5, 5.41) is 6.21. The Morgan fingerprint density at radius 1 is 1.18 bits per heavy atom. The standard InChI is InChI=1S/C21H26N4O3/c1-15-4-5-16(13-18(15)23-20(26)19-3-2-12-28-19)21(27)25-9-6-17(14-25)24-10-7-22-8-11-24/h2-5,12-13,17,22H,6-11,14H2,1H3,(H,23,26). The smallest absolute Gasteiger partial charge is 0.291 e. The van der Waals surface area contributed by atoms with Gasteiger partial charge in [-0.15, -0.1) is 0 Å². The number of amides is 2. The van der Waals surface area contributed by atoms with Crippen LogP contribution in [0.1, 0.15) is 32.9 Å². The third-order valence-corrected chi connectivity index (χ3v) is 5.60. The van der Waals surface area contributed by atoms with Crippen molar-refractivity contribution in [2.45, 2.75) is 19.4 Å². The molecule has 1 aromatic heterocycles. The molecule has 3 heterocycles. The molecular weight excluding hydrogens is 356 g/mol. The minimum atomic E-state index is -0.322. The summed E-state index contributed by atoms with van der Waals surface area (Å²) in [6.07, 6.45) is 2.48. The van der Waals surface area contributed by atoms with Gasteiger partial charge in [0.15, 0.2) is 5.76 Å². The fourth-order valence-corrected chi connectivity index (χ4v) is 3.94. The van der Waals surface area contributed by atoms with Crippen molar-refractivity contribution in [1.82, 2.24) is 15.1 Å². The molecule has 1 atom stereocenters. The minimum absolute atomic E-state index is 0.0196. The van der Waals surface area contributed by atoms with Crippen LogP contribution in [0, 0.1) is 6.92 Å². The Labute approximate surface area is 164 Å². The fourth-order valence-electron chi connectivity index (χ4n) is 3.94. The highest BCUT2D eigenvalue weighted by Gasteiger charge is 2.31. The summed E-state index contributed by atoms with van der Waals surface area (Å²) in [7, 11) is 0. The van der Waals surface area contributed by atoms with E-state index in [1.54, 1.807) is 18.2 Å². The number of carbonyl (C=O) groups is 2. The Balaban J connectivity index is 1.44. The van der Waals surface area contributed by atoms with Gasteiger partial charge in [0.1, 0.15) is 0 Å². The Kier molecular flexibility index (Phi) is 5.45. The monoisotopic (exact) mass is 382 g/mol.